The number of hydrogen-bond acceptors (Lipinski definition) is 6. The smallest absolute Gasteiger partial charge is 0.244 e. The lowest BCUT2D eigenvalue weighted by molar-refractivity contribution is 0.283. The number of fused-ring (bicyclic) bond motifs is 1. The van der Waals surface area contributed by atoms with Crippen molar-refractivity contribution in [2.75, 3.05) is 7.11 Å². The minimum Gasteiger partial charge on any atom is -0.493 e. The molecule has 0 aliphatic carbocycles. The second kappa shape index (κ2) is 9.27. The van der Waals surface area contributed by atoms with Crippen LogP contribution >= 0.6 is 0 Å². The molecule has 1 atom stereocenters. The highest BCUT2D eigenvalue weighted by Gasteiger charge is 2.36. The third kappa shape index (κ3) is 4.06. The lowest BCUT2D eigenvalue weighted by Gasteiger charge is -2.25. The zero-order chi connectivity index (χ0) is 24.4. The summed E-state index contributed by atoms with van der Waals surface area (Å²) in [5.74, 6) is 1.07. The topological polar surface area (TPSA) is 106 Å². The summed E-state index contributed by atoms with van der Waals surface area (Å²) in [4.78, 5) is 0. The van der Waals surface area contributed by atoms with Crippen LogP contribution in [0, 0.1) is 18.3 Å². The molecule has 7 heteroatoms. The molecule has 0 saturated carbocycles. The third-order valence-corrected chi connectivity index (χ3v) is 6.17. The summed E-state index contributed by atoms with van der Waals surface area (Å²) in [5.41, 5.74) is 12.0. The zero-order valence-electron chi connectivity index (χ0n) is 19.4. The number of nitriles is 1. The monoisotopic (exact) mass is 464 g/mol. The number of aryl methyl sites for hydroxylation is 1. The Morgan fingerprint density at radius 3 is 2.57 bits per heavy atom. The number of nitrogens with two attached hydrogens (primary N) is 1. The van der Waals surface area contributed by atoms with Gasteiger partial charge in [-0.05, 0) is 41.3 Å². The molecule has 0 bridgehead atoms. The zero-order valence-corrected chi connectivity index (χ0v) is 19.4. The molecule has 0 amide bonds. The van der Waals surface area contributed by atoms with Crippen molar-refractivity contribution in [2.45, 2.75) is 19.4 Å². The first-order valence-electron chi connectivity index (χ1n) is 11.2. The van der Waals surface area contributed by atoms with Gasteiger partial charge in [-0.25, -0.2) is 0 Å². The number of rotatable bonds is 6. The maximum Gasteiger partial charge on any atom is 0.244 e. The quantitative estimate of drug-likeness (QED) is 0.407. The number of H-pyrrole nitrogens is 1. The Balaban J connectivity index is 1.56. The van der Waals surface area contributed by atoms with Crippen LogP contribution in [0.25, 0.3) is 11.3 Å². The molecule has 1 aromatic heterocycles. The molecule has 1 aliphatic heterocycles. The largest absolute Gasteiger partial charge is 0.493 e. The fourth-order valence-electron chi connectivity index (χ4n) is 4.31. The van der Waals surface area contributed by atoms with Gasteiger partial charge in [-0.3, -0.25) is 5.10 Å². The molecule has 5 rings (SSSR count). The molecule has 0 fully saturated rings. The molecule has 3 N–H and O–H groups in total. The number of methoxy groups -OCH3 is 1. The predicted molar refractivity (Wildman–Crippen MR) is 132 cm³/mol. The predicted octanol–water partition coefficient (Wildman–Crippen LogP) is 5.19. The van der Waals surface area contributed by atoms with E-state index in [2.05, 4.69) is 29.3 Å². The van der Waals surface area contributed by atoms with Crippen LogP contribution in [-0.2, 0) is 6.61 Å². The van der Waals surface area contributed by atoms with E-state index in [0.29, 0.717) is 29.6 Å². The Hall–Kier alpha value is -4.70. The van der Waals surface area contributed by atoms with Crippen molar-refractivity contribution in [3.8, 4) is 34.7 Å². The molecule has 3 aromatic carbocycles. The number of hydrogen-bond donors (Lipinski definition) is 2. The van der Waals surface area contributed by atoms with Crippen LogP contribution in [0.2, 0.25) is 0 Å². The van der Waals surface area contributed by atoms with Gasteiger partial charge in [-0.2, -0.15) is 5.26 Å². The lowest BCUT2D eigenvalue weighted by Crippen LogP contribution is -2.21. The summed E-state index contributed by atoms with van der Waals surface area (Å²) in [6.45, 7) is 2.47. The standard InChI is InChI=1S/C28H24N4O3/c1-17-8-6-7-11-20(17)16-34-22-13-12-19(14-23(22)33-2)24-21(15-29)27(30)35-28-25(24)26(31-32-28)18-9-4-3-5-10-18/h3-14,24H,16,30H2,1-2H3,(H,31,32). The second-order valence-electron chi connectivity index (χ2n) is 8.23. The average molecular weight is 465 g/mol. The van der Waals surface area contributed by atoms with E-state index < -0.39 is 5.92 Å². The summed E-state index contributed by atoms with van der Waals surface area (Å²) >= 11 is 0. The highest BCUT2D eigenvalue weighted by atomic mass is 16.5. The minimum absolute atomic E-state index is 0.0370. The van der Waals surface area contributed by atoms with Crippen molar-refractivity contribution < 1.29 is 14.2 Å². The maximum absolute atomic E-state index is 9.98. The molecule has 1 aliphatic rings. The van der Waals surface area contributed by atoms with Gasteiger partial charge in [0.2, 0.25) is 11.8 Å². The van der Waals surface area contributed by atoms with E-state index in [1.165, 1.54) is 0 Å². The summed E-state index contributed by atoms with van der Waals surface area (Å²) in [6.07, 6.45) is 0. The maximum atomic E-state index is 9.98. The fraction of sp³-hybridized carbons (Fsp3) is 0.143. The summed E-state index contributed by atoms with van der Waals surface area (Å²) in [6, 6.07) is 25.7. The van der Waals surface area contributed by atoms with Crippen LogP contribution in [0.1, 0.15) is 28.2 Å². The number of allylic oxidation sites excluding steroid dienone is 1. The van der Waals surface area contributed by atoms with E-state index in [4.69, 9.17) is 19.9 Å². The molecular weight excluding hydrogens is 440 g/mol. The van der Waals surface area contributed by atoms with Crippen LogP contribution in [-0.4, -0.2) is 17.3 Å². The number of benzene rings is 3. The number of aromatic amines is 1. The van der Waals surface area contributed by atoms with Crippen LogP contribution in [0.5, 0.6) is 17.4 Å². The Morgan fingerprint density at radius 1 is 1.06 bits per heavy atom. The first kappa shape index (κ1) is 22.1. The SMILES string of the molecule is COc1cc(C2C(C#N)=C(N)Oc3n[nH]c(-c4ccccc4)c32)ccc1OCc1ccccc1C. The lowest BCUT2D eigenvalue weighted by atomic mass is 9.83. The van der Waals surface area contributed by atoms with Gasteiger partial charge in [0.15, 0.2) is 11.5 Å². The molecule has 174 valence electrons. The van der Waals surface area contributed by atoms with Gasteiger partial charge in [0, 0.05) is 0 Å². The minimum atomic E-state index is -0.489. The van der Waals surface area contributed by atoms with Crippen molar-refractivity contribution in [2.24, 2.45) is 5.73 Å². The molecule has 0 radical (unpaired) electrons. The van der Waals surface area contributed by atoms with Gasteiger partial charge in [-0.15, -0.1) is 5.10 Å². The Labute approximate surface area is 203 Å². The molecule has 1 unspecified atom stereocenters. The van der Waals surface area contributed by atoms with Crippen molar-refractivity contribution in [1.82, 2.24) is 10.2 Å². The van der Waals surface area contributed by atoms with Crippen LogP contribution in [0.4, 0.5) is 0 Å². The first-order chi connectivity index (χ1) is 17.1. The molecular formula is C28H24N4O3. The molecule has 0 spiro atoms. The van der Waals surface area contributed by atoms with Crippen LogP contribution in [0.3, 0.4) is 0 Å². The molecule has 4 aromatic rings. The van der Waals surface area contributed by atoms with Gasteiger partial charge < -0.3 is 19.9 Å². The molecule has 35 heavy (non-hydrogen) atoms. The summed E-state index contributed by atoms with van der Waals surface area (Å²) in [5, 5.41) is 17.4. The molecule has 0 saturated heterocycles. The average Bonchev–Trinajstić information content (AvgIpc) is 3.31. The normalized spacial score (nSPS) is 14.6. The number of nitrogens with one attached hydrogen (secondary N) is 1. The van der Waals surface area contributed by atoms with E-state index in [-0.39, 0.29) is 5.88 Å². The van der Waals surface area contributed by atoms with Crippen molar-refractivity contribution in [3.63, 3.8) is 0 Å². The highest BCUT2D eigenvalue weighted by molar-refractivity contribution is 5.71. The summed E-state index contributed by atoms with van der Waals surface area (Å²) in [7, 11) is 1.60. The Bertz CT molecular complexity index is 1450. The van der Waals surface area contributed by atoms with Crippen LogP contribution < -0.4 is 19.9 Å². The van der Waals surface area contributed by atoms with E-state index in [0.717, 1.165) is 33.5 Å². The number of nitrogens with zero attached hydrogens (tertiary/aromatic N) is 2. The first-order valence-corrected chi connectivity index (χ1v) is 11.2. The number of aromatic nitrogens is 2. The van der Waals surface area contributed by atoms with Gasteiger partial charge in [0.1, 0.15) is 18.2 Å². The van der Waals surface area contributed by atoms with E-state index in [1.54, 1.807) is 7.11 Å². The number of ether oxygens (including phenoxy) is 3. The fourth-order valence-corrected chi connectivity index (χ4v) is 4.31. The van der Waals surface area contributed by atoms with E-state index in [1.807, 2.05) is 66.7 Å². The third-order valence-electron chi connectivity index (χ3n) is 6.17. The van der Waals surface area contributed by atoms with Gasteiger partial charge in [-0.1, -0.05) is 60.7 Å². The highest BCUT2D eigenvalue weighted by Crippen LogP contribution is 2.47. The van der Waals surface area contributed by atoms with Crippen molar-refractivity contribution in [1.29, 1.82) is 5.26 Å². The van der Waals surface area contributed by atoms with E-state index >= 15 is 0 Å². The Kier molecular flexibility index (Phi) is 5.86. The van der Waals surface area contributed by atoms with Gasteiger partial charge in [0.05, 0.1) is 24.3 Å². The summed E-state index contributed by atoms with van der Waals surface area (Å²) < 4.78 is 17.5. The van der Waals surface area contributed by atoms with Crippen molar-refractivity contribution >= 4 is 0 Å². The second-order valence-corrected chi connectivity index (χ2v) is 8.23. The van der Waals surface area contributed by atoms with Gasteiger partial charge in [0.25, 0.3) is 0 Å². The molecule has 7 nitrogen and oxygen atoms in total. The van der Waals surface area contributed by atoms with E-state index in [9.17, 15) is 5.26 Å². The Morgan fingerprint density at radius 2 is 1.83 bits per heavy atom. The van der Waals surface area contributed by atoms with Gasteiger partial charge >= 0.3 is 0 Å². The van der Waals surface area contributed by atoms with Crippen LogP contribution in [0.15, 0.2) is 84.3 Å². The van der Waals surface area contributed by atoms with Crippen molar-refractivity contribution in [3.05, 3.63) is 107 Å². The molecule has 2 heterocycles.